The number of hydrogen-bond acceptors (Lipinski definition) is 2. The highest BCUT2D eigenvalue weighted by Gasteiger charge is 2.09. The van der Waals surface area contributed by atoms with E-state index in [2.05, 4.69) is 21.2 Å². The van der Waals surface area contributed by atoms with E-state index in [0.29, 0.717) is 16.3 Å². The molecule has 2 N–H and O–H groups in total. The molecule has 0 radical (unpaired) electrons. The molecular formula is C13H8BrCl2NO2. The molecule has 1 amide bonds. The molecule has 0 atom stereocenters. The van der Waals surface area contributed by atoms with Crippen LogP contribution in [0.15, 0.2) is 40.9 Å². The first-order valence-electron chi connectivity index (χ1n) is 5.22. The molecular weight excluding hydrogens is 353 g/mol. The van der Waals surface area contributed by atoms with Gasteiger partial charge in [-0.15, -0.1) is 0 Å². The van der Waals surface area contributed by atoms with Gasteiger partial charge in [0.1, 0.15) is 5.75 Å². The normalized spacial score (nSPS) is 10.3. The summed E-state index contributed by atoms with van der Waals surface area (Å²) >= 11 is 14.9. The predicted molar refractivity (Wildman–Crippen MR) is 80.2 cm³/mol. The van der Waals surface area contributed by atoms with Crippen LogP contribution in [-0.4, -0.2) is 11.0 Å². The number of anilines is 1. The molecule has 0 fully saturated rings. The van der Waals surface area contributed by atoms with Crippen LogP contribution >= 0.6 is 39.1 Å². The minimum absolute atomic E-state index is 0.0358. The highest BCUT2D eigenvalue weighted by Crippen LogP contribution is 2.27. The fraction of sp³-hybridized carbons (Fsp3) is 0. The van der Waals surface area contributed by atoms with E-state index in [1.165, 1.54) is 12.1 Å². The fourth-order valence-electron chi connectivity index (χ4n) is 1.43. The Morgan fingerprint density at radius 3 is 2.47 bits per heavy atom. The van der Waals surface area contributed by atoms with Gasteiger partial charge in [-0.05, 0) is 52.3 Å². The van der Waals surface area contributed by atoms with Crippen molar-refractivity contribution in [1.29, 1.82) is 0 Å². The maximum Gasteiger partial charge on any atom is 0.255 e. The number of phenols is 1. The first kappa shape index (κ1) is 14.2. The largest absolute Gasteiger partial charge is 0.506 e. The second-order valence-corrected chi connectivity index (χ2v) is 5.42. The van der Waals surface area contributed by atoms with Crippen LogP contribution in [0.5, 0.6) is 5.75 Å². The summed E-state index contributed by atoms with van der Waals surface area (Å²) in [4.78, 5) is 12.0. The van der Waals surface area contributed by atoms with Crippen LogP contribution < -0.4 is 5.32 Å². The molecule has 2 aromatic rings. The smallest absolute Gasteiger partial charge is 0.255 e. The minimum Gasteiger partial charge on any atom is -0.506 e. The standard InChI is InChI=1S/C13H8BrCl2NO2/c14-9-3-1-7(5-10(9)15)13(19)17-8-2-4-12(18)11(16)6-8/h1-6,18H,(H,17,19). The molecule has 0 heterocycles. The Bertz CT molecular complexity index is 647. The third kappa shape index (κ3) is 3.41. The Morgan fingerprint density at radius 2 is 1.84 bits per heavy atom. The Morgan fingerprint density at radius 1 is 1.11 bits per heavy atom. The van der Waals surface area contributed by atoms with Crippen molar-refractivity contribution in [2.24, 2.45) is 0 Å². The lowest BCUT2D eigenvalue weighted by Gasteiger charge is -2.07. The molecule has 2 aromatic carbocycles. The molecule has 0 saturated carbocycles. The molecule has 0 unspecified atom stereocenters. The van der Waals surface area contributed by atoms with Crippen molar-refractivity contribution in [1.82, 2.24) is 0 Å². The number of nitrogens with one attached hydrogen (secondary N) is 1. The third-order valence-electron chi connectivity index (χ3n) is 2.39. The highest BCUT2D eigenvalue weighted by molar-refractivity contribution is 9.10. The lowest BCUT2D eigenvalue weighted by molar-refractivity contribution is 0.102. The van der Waals surface area contributed by atoms with E-state index >= 15 is 0 Å². The van der Waals surface area contributed by atoms with Gasteiger partial charge in [0, 0.05) is 15.7 Å². The first-order chi connectivity index (χ1) is 8.97. The fourth-order valence-corrected chi connectivity index (χ4v) is 2.03. The monoisotopic (exact) mass is 359 g/mol. The lowest BCUT2D eigenvalue weighted by Crippen LogP contribution is -2.11. The summed E-state index contributed by atoms with van der Waals surface area (Å²) in [5.74, 6) is -0.345. The van der Waals surface area contributed by atoms with Crippen molar-refractivity contribution < 1.29 is 9.90 Å². The Balaban J connectivity index is 2.20. The van der Waals surface area contributed by atoms with Crippen molar-refractivity contribution in [3.63, 3.8) is 0 Å². The van der Waals surface area contributed by atoms with Gasteiger partial charge in [0.2, 0.25) is 0 Å². The summed E-state index contributed by atoms with van der Waals surface area (Å²) in [5.41, 5.74) is 0.921. The summed E-state index contributed by atoms with van der Waals surface area (Å²) in [5, 5.41) is 12.6. The summed E-state index contributed by atoms with van der Waals surface area (Å²) in [6, 6.07) is 9.33. The molecule has 0 aromatic heterocycles. The molecule has 0 bridgehead atoms. The summed E-state index contributed by atoms with van der Waals surface area (Å²) in [6.45, 7) is 0. The van der Waals surface area contributed by atoms with E-state index in [0.717, 1.165) is 4.47 Å². The van der Waals surface area contributed by atoms with Crippen molar-refractivity contribution in [3.8, 4) is 5.75 Å². The molecule has 19 heavy (non-hydrogen) atoms. The minimum atomic E-state index is -0.309. The molecule has 0 aliphatic rings. The molecule has 3 nitrogen and oxygen atoms in total. The SMILES string of the molecule is O=C(Nc1ccc(O)c(Cl)c1)c1ccc(Br)c(Cl)c1. The van der Waals surface area contributed by atoms with Crippen molar-refractivity contribution in [3.05, 3.63) is 56.5 Å². The summed E-state index contributed by atoms with van der Waals surface area (Å²) < 4.78 is 0.721. The second-order valence-electron chi connectivity index (χ2n) is 3.75. The van der Waals surface area contributed by atoms with E-state index in [1.807, 2.05) is 0 Å². The topological polar surface area (TPSA) is 49.3 Å². The van der Waals surface area contributed by atoms with Crippen LogP contribution in [0.1, 0.15) is 10.4 Å². The van der Waals surface area contributed by atoms with Crippen LogP contribution in [-0.2, 0) is 0 Å². The molecule has 0 spiro atoms. The van der Waals surface area contributed by atoms with Crippen LogP contribution in [0.25, 0.3) is 0 Å². The number of rotatable bonds is 2. The van der Waals surface area contributed by atoms with E-state index in [9.17, 15) is 9.90 Å². The molecule has 0 aliphatic carbocycles. The Labute approximate surface area is 128 Å². The second kappa shape index (κ2) is 5.82. The number of carbonyl (C=O) groups excluding carboxylic acids is 1. The third-order valence-corrected chi connectivity index (χ3v) is 3.92. The molecule has 98 valence electrons. The van der Waals surface area contributed by atoms with Gasteiger partial charge in [0.15, 0.2) is 0 Å². The van der Waals surface area contributed by atoms with Crippen LogP contribution in [0.3, 0.4) is 0 Å². The van der Waals surface area contributed by atoms with Crippen LogP contribution in [0.4, 0.5) is 5.69 Å². The summed E-state index contributed by atoms with van der Waals surface area (Å²) in [7, 11) is 0. The van der Waals surface area contributed by atoms with Gasteiger partial charge in [-0.3, -0.25) is 4.79 Å². The van der Waals surface area contributed by atoms with E-state index < -0.39 is 0 Å². The summed E-state index contributed by atoms with van der Waals surface area (Å²) in [6.07, 6.45) is 0. The zero-order valence-corrected chi connectivity index (χ0v) is 12.6. The molecule has 2 rings (SSSR count). The van der Waals surface area contributed by atoms with Crippen LogP contribution in [0.2, 0.25) is 10.0 Å². The maximum absolute atomic E-state index is 12.0. The van der Waals surface area contributed by atoms with Gasteiger partial charge in [-0.2, -0.15) is 0 Å². The number of phenolic OH excluding ortho intramolecular Hbond substituents is 1. The van der Waals surface area contributed by atoms with E-state index in [4.69, 9.17) is 23.2 Å². The predicted octanol–water partition coefficient (Wildman–Crippen LogP) is 4.71. The van der Waals surface area contributed by atoms with Gasteiger partial charge in [0.05, 0.1) is 10.0 Å². The number of halogens is 3. The van der Waals surface area contributed by atoms with Gasteiger partial charge < -0.3 is 10.4 Å². The average Bonchev–Trinajstić information content (AvgIpc) is 2.37. The Kier molecular flexibility index (Phi) is 4.34. The van der Waals surface area contributed by atoms with E-state index in [-0.39, 0.29) is 16.7 Å². The number of benzene rings is 2. The molecule has 6 heteroatoms. The number of hydrogen-bond donors (Lipinski definition) is 2. The van der Waals surface area contributed by atoms with Gasteiger partial charge in [0.25, 0.3) is 5.91 Å². The zero-order valence-electron chi connectivity index (χ0n) is 9.45. The highest BCUT2D eigenvalue weighted by atomic mass is 79.9. The van der Waals surface area contributed by atoms with Gasteiger partial charge in [-0.25, -0.2) is 0 Å². The number of aromatic hydroxyl groups is 1. The number of carbonyl (C=O) groups is 1. The lowest BCUT2D eigenvalue weighted by atomic mass is 10.2. The van der Waals surface area contributed by atoms with E-state index in [1.54, 1.807) is 24.3 Å². The Hall–Kier alpha value is -1.23. The first-order valence-corrected chi connectivity index (χ1v) is 6.77. The quantitative estimate of drug-likeness (QED) is 0.761. The zero-order chi connectivity index (χ0) is 14.0. The molecule has 0 aliphatic heterocycles. The molecule has 0 saturated heterocycles. The maximum atomic E-state index is 12.0. The number of amides is 1. The van der Waals surface area contributed by atoms with Gasteiger partial charge >= 0.3 is 0 Å². The van der Waals surface area contributed by atoms with Crippen molar-refractivity contribution in [2.75, 3.05) is 5.32 Å². The van der Waals surface area contributed by atoms with Crippen molar-refractivity contribution >= 4 is 50.7 Å². The van der Waals surface area contributed by atoms with Crippen LogP contribution in [0, 0.1) is 0 Å². The average molecular weight is 361 g/mol. The van der Waals surface area contributed by atoms with Gasteiger partial charge in [-0.1, -0.05) is 23.2 Å². The van der Waals surface area contributed by atoms with Crippen molar-refractivity contribution in [2.45, 2.75) is 0 Å².